The minimum atomic E-state index is -0.137. The second-order valence-corrected chi connectivity index (χ2v) is 5.08. The molecule has 1 N–H and O–H groups in total. The summed E-state index contributed by atoms with van der Waals surface area (Å²) in [5.74, 6) is 0.751. The van der Waals surface area contributed by atoms with Crippen LogP contribution in [0.4, 0.5) is 4.79 Å². The van der Waals surface area contributed by atoms with E-state index in [0.717, 1.165) is 31.8 Å². The van der Waals surface area contributed by atoms with E-state index >= 15 is 0 Å². The van der Waals surface area contributed by atoms with Gasteiger partial charge in [-0.3, -0.25) is 0 Å². The Kier molecular flexibility index (Phi) is 4.66. The van der Waals surface area contributed by atoms with Crippen molar-refractivity contribution in [2.75, 3.05) is 26.2 Å². The molecule has 1 amide bonds. The van der Waals surface area contributed by atoms with E-state index in [1.165, 1.54) is 25.8 Å². The Hall–Kier alpha value is -0.770. The van der Waals surface area contributed by atoms with Crippen LogP contribution >= 0.6 is 0 Å². The van der Waals surface area contributed by atoms with Crippen molar-refractivity contribution in [3.8, 4) is 0 Å². The highest BCUT2D eigenvalue weighted by Crippen LogP contribution is 2.25. The molecule has 0 spiro atoms. The number of likely N-dealkylation sites (tertiary alicyclic amines) is 1. The molecule has 2 rings (SSSR count). The number of piperidine rings is 2. The van der Waals surface area contributed by atoms with Gasteiger partial charge in [-0.05, 0) is 45.1 Å². The molecular formula is C13H24N2O2. The lowest BCUT2D eigenvalue weighted by atomic mass is 9.85. The maximum Gasteiger partial charge on any atom is 0.409 e. The quantitative estimate of drug-likeness (QED) is 0.802. The lowest BCUT2D eigenvalue weighted by Gasteiger charge is -2.37. The zero-order valence-corrected chi connectivity index (χ0v) is 10.8. The Morgan fingerprint density at radius 2 is 2.06 bits per heavy atom. The van der Waals surface area contributed by atoms with Crippen LogP contribution in [0.1, 0.15) is 39.0 Å². The number of hydrogen-bond acceptors (Lipinski definition) is 3. The first kappa shape index (κ1) is 12.7. The fraction of sp³-hybridized carbons (Fsp3) is 0.923. The lowest BCUT2D eigenvalue weighted by Crippen LogP contribution is -2.46. The molecule has 2 heterocycles. The molecular weight excluding hydrogens is 216 g/mol. The number of amides is 1. The van der Waals surface area contributed by atoms with E-state index in [2.05, 4.69) is 5.32 Å². The summed E-state index contributed by atoms with van der Waals surface area (Å²) in [5.41, 5.74) is 0. The molecule has 0 saturated carbocycles. The highest BCUT2D eigenvalue weighted by atomic mass is 16.6. The Labute approximate surface area is 104 Å². The van der Waals surface area contributed by atoms with Gasteiger partial charge < -0.3 is 15.0 Å². The predicted octanol–water partition coefficient (Wildman–Crippen LogP) is 2.00. The van der Waals surface area contributed by atoms with Crippen LogP contribution in [-0.4, -0.2) is 43.3 Å². The van der Waals surface area contributed by atoms with Crippen LogP contribution in [-0.2, 0) is 4.74 Å². The van der Waals surface area contributed by atoms with Gasteiger partial charge in [0.05, 0.1) is 6.61 Å². The van der Waals surface area contributed by atoms with E-state index in [-0.39, 0.29) is 6.09 Å². The molecule has 0 bridgehead atoms. The summed E-state index contributed by atoms with van der Waals surface area (Å²) in [6.45, 7) is 5.23. The molecule has 2 aliphatic rings. The number of nitrogens with zero attached hydrogens (tertiary/aromatic N) is 1. The van der Waals surface area contributed by atoms with E-state index < -0.39 is 0 Å². The molecule has 17 heavy (non-hydrogen) atoms. The maximum absolute atomic E-state index is 11.6. The molecule has 2 fully saturated rings. The minimum absolute atomic E-state index is 0.137. The van der Waals surface area contributed by atoms with Crippen molar-refractivity contribution in [1.29, 1.82) is 0 Å². The summed E-state index contributed by atoms with van der Waals surface area (Å²) in [4.78, 5) is 13.4. The summed E-state index contributed by atoms with van der Waals surface area (Å²) in [7, 11) is 0. The minimum Gasteiger partial charge on any atom is -0.450 e. The SMILES string of the molecule is CCOC(=O)N1CCC(C2CCCCN2)CC1. The van der Waals surface area contributed by atoms with Crippen molar-refractivity contribution in [2.24, 2.45) is 5.92 Å². The number of nitrogens with one attached hydrogen (secondary N) is 1. The maximum atomic E-state index is 11.6. The van der Waals surface area contributed by atoms with Crippen molar-refractivity contribution in [1.82, 2.24) is 10.2 Å². The molecule has 0 aliphatic carbocycles. The summed E-state index contributed by atoms with van der Waals surface area (Å²) >= 11 is 0. The van der Waals surface area contributed by atoms with Crippen LogP contribution in [0, 0.1) is 5.92 Å². The van der Waals surface area contributed by atoms with E-state index in [4.69, 9.17) is 4.74 Å². The third kappa shape index (κ3) is 3.35. The van der Waals surface area contributed by atoms with E-state index in [1.807, 2.05) is 11.8 Å². The molecule has 1 atom stereocenters. The van der Waals surface area contributed by atoms with Crippen molar-refractivity contribution in [3.63, 3.8) is 0 Å². The third-order valence-electron chi connectivity index (χ3n) is 3.98. The molecule has 0 aromatic rings. The number of carbonyl (C=O) groups is 1. The number of ether oxygens (including phenoxy) is 1. The molecule has 2 aliphatic heterocycles. The second-order valence-electron chi connectivity index (χ2n) is 5.08. The average Bonchev–Trinajstić information content (AvgIpc) is 2.40. The van der Waals surface area contributed by atoms with Crippen LogP contribution in [0.25, 0.3) is 0 Å². The molecule has 0 radical (unpaired) electrons. The van der Waals surface area contributed by atoms with Gasteiger partial charge in [0.1, 0.15) is 0 Å². The lowest BCUT2D eigenvalue weighted by molar-refractivity contribution is 0.0851. The van der Waals surface area contributed by atoms with Gasteiger partial charge >= 0.3 is 6.09 Å². The molecule has 98 valence electrons. The average molecular weight is 240 g/mol. The van der Waals surface area contributed by atoms with Crippen LogP contribution in [0.2, 0.25) is 0 Å². The zero-order chi connectivity index (χ0) is 12.1. The standard InChI is InChI=1S/C13H24N2O2/c1-2-17-13(16)15-9-6-11(7-10-15)12-5-3-4-8-14-12/h11-12,14H,2-10H2,1H3. The molecule has 4 heteroatoms. The molecule has 0 aromatic carbocycles. The highest BCUT2D eigenvalue weighted by Gasteiger charge is 2.29. The normalized spacial score (nSPS) is 26.9. The first-order valence-electron chi connectivity index (χ1n) is 6.96. The van der Waals surface area contributed by atoms with E-state index in [9.17, 15) is 4.79 Å². The summed E-state index contributed by atoms with van der Waals surface area (Å²) in [6, 6.07) is 0.688. The van der Waals surface area contributed by atoms with E-state index in [0.29, 0.717) is 12.6 Å². The van der Waals surface area contributed by atoms with Gasteiger partial charge in [0.2, 0.25) is 0 Å². The van der Waals surface area contributed by atoms with Gasteiger partial charge in [-0.15, -0.1) is 0 Å². The Bertz CT molecular complexity index is 244. The van der Waals surface area contributed by atoms with Crippen LogP contribution < -0.4 is 5.32 Å². The number of carbonyl (C=O) groups excluding carboxylic acids is 1. The van der Waals surface area contributed by atoms with Crippen LogP contribution in [0.5, 0.6) is 0 Å². The fourth-order valence-electron chi connectivity index (χ4n) is 2.98. The van der Waals surface area contributed by atoms with Crippen molar-refractivity contribution >= 4 is 6.09 Å². The molecule has 2 saturated heterocycles. The molecule has 1 unspecified atom stereocenters. The van der Waals surface area contributed by atoms with Gasteiger partial charge in [-0.1, -0.05) is 6.42 Å². The third-order valence-corrected chi connectivity index (χ3v) is 3.98. The van der Waals surface area contributed by atoms with Gasteiger partial charge in [0.15, 0.2) is 0 Å². The van der Waals surface area contributed by atoms with Gasteiger partial charge in [0.25, 0.3) is 0 Å². The Balaban J connectivity index is 1.75. The zero-order valence-electron chi connectivity index (χ0n) is 10.8. The Morgan fingerprint density at radius 1 is 1.29 bits per heavy atom. The largest absolute Gasteiger partial charge is 0.450 e. The van der Waals surface area contributed by atoms with Crippen LogP contribution in [0.3, 0.4) is 0 Å². The summed E-state index contributed by atoms with van der Waals surface area (Å²) < 4.78 is 5.03. The van der Waals surface area contributed by atoms with Crippen LogP contribution in [0.15, 0.2) is 0 Å². The number of rotatable bonds is 2. The molecule has 0 aromatic heterocycles. The van der Waals surface area contributed by atoms with Crippen molar-refractivity contribution in [2.45, 2.75) is 45.1 Å². The summed E-state index contributed by atoms with van der Waals surface area (Å²) in [5, 5.41) is 3.62. The number of hydrogen-bond donors (Lipinski definition) is 1. The first-order valence-corrected chi connectivity index (χ1v) is 6.96. The van der Waals surface area contributed by atoms with Gasteiger partial charge in [0, 0.05) is 19.1 Å². The van der Waals surface area contributed by atoms with E-state index in [1.54, 1.807) is 0 Å². The topological polar surface area (TPSA) is 41.6 Å². The highest BCUT2D eigenvalue weighted by molar-refractivity contribution is 5.67. The molecule has 4 nitrogen and oxygen atoms in total. The van der Waals surface area contributed by atoms with Gasteiger partial charge in [-0.2, -0.15) is 0 Å². The summed E-state index contributed by atoms with van der Waals surface area (Å²) in [6.07, 6.45) is 6.09. The Morgan fingerprint density at radius 3 is 2.65 bits per heavy atom. The predicted molar refractivity (Wildman–Crippen MR) is 67.0 cm³/mol. The smallest absolute Gasteiger partial charge is 0.409 e. The van der Waals surface area contributed by atoms with Gasteiger partial charge in [-0.25, -0.2) is 4.79 Å². The first-order chi connectivity index (χ1) is 8.31. The van der Waals surface area contributed by atoms with Crippen molar-refractivity contribution < 1.29 is 9.53 Å². The van der Waals surface area contributed by atoms with Crippen molar-refractivity contribution in [3.05, 3.63) is 0 Å². The second kappa shape index (κ2) is 6.24. The monoisotopic (exact) mass is 240 g/mol. The fourth-order valence-corrected chi connectivity index (χ4v) is 2.98.